The minimum atomic E-state index is -2.78. The molecule has 0 aliphatic rings. The van der Waals surface area contributed by atoms with Gasteiger partial charge in [-0.25, -0.2) is 18.4 Å². The standard InChI is InChI=1S/C22H34F2N2O6/c1-4-25-21(29)26(11-14-30-13-10-22(3,23)24)12-15-32-18-8-6-17(7-9-18)16-19(20(27)28)31-5-2/h6-9,19H,4-5,10-16H2,1-3H3,(H,25,29)(H,27,28). The minimum absolute atomic E-state index is 0.0817. The molecule has 1 unspecified atom stereocenters. The van der Waals surface area contributed by atoms with E-state index in [2.05, 4.69) is 5.32 Å². The van der Waals surface area contributed by atoms with E-state index in [1.807, 2.05) is 0 Å². The van der Waals surface area contributed by atoms with Gasteiger partial charge < -0.3 is 29.5 Å². The molecule has 32 heavy (non-hydrogen) atoms. The zero-order valence-electron chi connectivity index (χ0n) is 18.9. The highest BCUT2D eigenvalue weighted by atomic mass is 19.3. The van der Waals surface area contributed by atoms with Gasteiger partial charge in [0.2, 0.25) is 5.92 Å². The number of carbonyl (C=O) groups is 2. The Morgan fingerprint density at radius 2 is 1.78 bits per heavy atom. The topological polar surface area (TPSA) is 97.3 Å². The average molecular weight is 461 g/mol. The molecular weight excluding hydrogens is 426 g/mol. The highest BCUT2D eigenvalue weighted by Gasteiger charge is 2.20. The summed E-state index contributed by atoms with van der Waals surface area (Å²) in [4.78, 5) is 24.9. The van der Waals surface area contributed by atoms with Crippen LogP contribution < -0.4 is 10.1 Å². The third-order valence-electron chi connectivity index (χ3n) is 4.42. The molecule has 0 aliphatic heterocycles. The number of hydrogen-bond donors (Lipinski definition) is 2. The van der Waals surface area contributed by atoms with Crippen molar-refractivity contribution in [1.29, 1.82) is 0 Å². The molecule has 0 aliphatic carbocycles. The van der Waals surface area contributed by atoms with Crippen LogP contribution >= 0.6 is 0 Å². The fourth-order valence-corrected chi connectivity index (χ4v) is 2.73. The fourth-order valence-electron chi connectivity index (χ4n) is 2.73. The lowest BCUT2D eigenvalue weighted by molar-refractivity contribution is -0.149. The summed E-state index contributed by atoms with van der Waals surface area (Å²) >= 11 is 0. The van der Waals surface area contributed by atoms with Gasteiger partial charge in [-0.1, -0.05) is 12.1 Å². The predicted molar refractivity (Wildman–Crippen MR) is 115 cm³/mol. The smallest absolute Gasteiger partial charge is 0.333 e. The van der Waals surface area contributed by atoms with Gasteiger partial charge in [0.25, 0.3) is 0 Å². The van der Waals surface area contributed by atoms with Crippen LogP contribution in [0.2, 0.25) is 0 Å². The minimum Gasteiger partial charge on any atom is -0.492 e. The summed E-state index contributed by atoms with van der Waals surface area (Å²) in [6.07, 6.45) is -1.02. The lowest BCUT2D eigenvalue weighted by Gasteiger charge is -2.23. The third-order valence-corrected chi connectivity index (χ3v) is 4.42. The highest BCUT2D eigenvalue weighted by molar-refractivity contribution is 5.74. The predicted octanol–water partition coefficient (Wildman–Crippen LogP) is 3.19. The van der Waals surface area contributed by atoms with Crippen molar-refractivity contribution in [1.82, 2.24) is 10.2 Å². The molecule has 1 atom stereocenters. The Labute approximate surface area is 187 Å². The lowest BCUT2D eigenvalue weighted by atomic mass is 10.1. The normalized spacial score (nSPS) is 12.3. The lowest BCUT2D eigenvalue weighted by Crippen LogP contribution is -2.43. The highest BCUT2D eigenvalue weighted by Crippen LogP contribution is 2.16. The average Bonchev–Trinajstić information content (AvgIpc) is 2.72. The zero-order chi connectivity index (χ0) is 24.0. The van der Waals surface area contributed by atoms with E-state index >= 15 is 0 Å². The van der Waals surface area contributed by atoms with Gasteiger partial charge >= 0.3 is 12.0 Å². The van der Waals surface area contributed by atoms with E-state index in [1.165, 1.54) is 4.90 Å². The maximum absolute atomic E-state index is 12.8. The SMILES string of the molecule is CCNC(=O)N(CCOCCC(C)(F)F)CCOc1ccc(CC(OCC)C(=O)O)cc1. The Morgan fingerprint density at radius 3 is 2.34 bits per heavy atom. The van der Waals surface area contributed by atoms with Crippen molar-refractivity contribution in [3.8, 4) is 5.75 Å². The maximum atomic E-state index is 12.8. The van der Waals surface area contributed by atoms with Gasteiger partial charge in [-0.2, -0.15) is 0 Å². The van der Waals surface area contributed by atoms with Crippen molar-refractivity contribution in [2.45, 2.75) is 45.6 Å². The van der Waals surface area contributed by atoms with Gasteiger partial charge in [0.05, 0.1) is 19.8 Å². The van der Waals surface area contributed by atoms with E-state index in [1.54, 1.807) is 38.1 Å². The number of nitrogens with zero attached hydrogens (tertiary/aromatic N) is 1. The summed E-state index contributed by atoms with van der Waals surface area (Å²) in [5.41, 5.74) is 0.803. The van der Waals surface area contributed by atoms with Crippen molar-refractivity contribution in [3.63, 3.8) is 0 Å². The van der Waals surface area contributed by atoms with E-state index in [0.29, 0.717) is 18.9 Å². The van der Waals surface area contributed by atoms with Gasteiger partial charge in [-0.15, -0.1) is 0 Å². The van der Waals surface area contributed by atoms with Gasteiger partial charge in [0.15, 0.2) is 6.10 Å². The largest absolute Gasteiger partial charge is 0.492 e. The number of hydrogen-bond acceptors (Lipinski definition) is 5. The summed E-state index contributed by atoms with van der Waals surface area (Å²) in [6, 6.07) is 6.70. The second kappa shape index (κ2) is 14.6. The fraction of sp³-hybridized carbons (Fsp3) is 0.636. The molecule has 10 heteroatoms. The van der Waals surface area contributed by atoms with Crippen LogP contribution in [0.1, 0.15) is 32.8 Å². The molecule has 0 fully saturated rings. The number of nitrogens with one attached hydrogen (secondary N) is 1. The summed E-state index contributed by atoms with van der Waals surface area (Å²) in [5, 5.41) is 11.9. The Kier molecular flexibility index (Phi) is 12.6. The molecular formula is C22H34F2N2O6. The number of urea groups is 1. The van der Waals surface area contributed by atoms with Gasteiger partial charge in [-0.3, -0.25) is 0 Å². The number of amides is 2. The first-order valence-corrected chi connectivity index (χ1v) is 10.7. The number of aliphatic carboxylic acids is 1. The molecule has 2 amide bonds. The monoisotopic (exact) mass is 460 g/mol. The summed E-state index contributed by atoms with van der Waals surface area (Å²) in [5.74, 6) is -3.21. The van der Waals surface area contributed by atoms with Crippen LogP contribution in [-0.4, -0.2) is 80.1 Å². The molecule has 0 saturated carbocycles. The number of halogens is 2. The van der Waals surface area contributed by atoms with Crippen LogP contribution in [0.25, 0.3) is 0 Å². The molecule has 2 N–H and O–H groups in total. The first-order chi connectivity index (χ1) is 15.2. The van der Waals surface area contributed by atoms with Crippen molar-refractivity contribution >= 4 is 12.0 Å². The molecule has 0 heterocycles. The van der Waals surface area contributed by atoms with E-state index < -0.39 is 18.0 Å². The Hall–Kier alpha value is -2.46. The number of ether oxygens (including phenoxy) is 3. The maximum Gasteiger partial charge on any atom is 0.333 e. The third kappa shape index (κ3) is 11.8. The van der Waals surface area contributed by atoms with Crippen LogP contribution in [0, 0.1) is 0 Å². The molecule has 0 bridgehead atoms. The number of carboxylic acid groups (broad SMARTS) is 1. The van der Waals surface area contributed by atoms with Crippen LogP contribution in [0.4, 0.5) is 13.6 Å². The molecule has 0 spiro atoms. The Morgan fingerprint density at radius 1 is 1.12 bits per heavy atom. The summed E-state index contributed by atoms with van der Waals surface area (Å²) in [7, 11) is 0. The first-order valence-electron chi connectivity index (χ1n) is 10.7. The quantitative estimate of drug-likeness (QED) is 0.368. The number of carbonyl (C=O) groups excluding carboxylic acids is 1. The molecule has 1 rings (SSSR count). The van der Waals surface area contributed by atoms with Crippen LogP contribution in [0.15, 0.2) is 24.3 Å². The zero-order valence-corrected chi connectivity index (χ0v) is 18.9. The molecule has 8 nitrogen and oxygen atoms in total. The second-order valence-corrected chi connectivity index (χ2v) is 7.23. The summed E-state index contributed by atoms with van der Waals surface area (Å²) < 4.78 is 41.8. The number of carboxylic acids is 1. The molecule has 182 valence electrons. The second-order valence-electron chi connectivity index (χ2n) is 7.23. The van der Waals surface area contributed by atoms with Crippen LogP contribution in [-0.2, 0) is 20.7 Å². The van der Waals surface area contributed by atoms with Crippen LogP contribution in [0.3, 0.4) is 0 Å². The summed E-state index contributed by atoms with van der Waals surface area (Å²) in [6.45, 7) is 5.97. The molecule has 0 saturated heterocycles. The van der Waals surface area contributed by atoms with Gasteiger partial charge in [-0.05, 0) is 38.5 Å². The van der Waals surface area contributed by atoms with Crippen LogP contribution in [0.5, 0.6) is 5.75 Å². The van der Waals surface area contributed by atoms with Crippen molar-refractivity contribution in [2.24, 2.45) is 0 Å². The number of rotatable bonds is 16. The van der Waals surface area contributed by atoms with E-state index in [9.17, 15) is 18.4 Å². The first kappa shape index (κ1) is 27.6. The molecule has 0 radical (unpaired) electrons. The van der Waals surface area contributed by atoms with Crippen molar-refractivity contribution in [3.05, 3.63) is 29.8 Å². The molecule has 1 aromatic rings. The molecule has 0 aromatic heterocycles. The molecule has 1 aromatic carbocycles. The van der Waals surface area contributed by atoms with E-state index in [0.717, 1.165) is 12.5 Å². The van der Waals surface area contributed by atoms with Crippen molar-refractivity contribution in [2.75, 3.05) is 46.1 Å². The number of alkyl halides is 2. The van der Waals surface area contributed by atoms with E-state index in [4.69, 9.17) is 19.3 Å². The van der Waals surface area contributed by atoms with Gasteiger partial charge in [0, 0.05) is 32.5 Å². The van der Waals surface area contributed by atoms with Gasteiger partial charge in [0.1, 0.15) is 12.4 Å². The Bertz CT molecular complexity index is 682. The number of benzene rings is 1. The van der Waals surface area contributed by atoms with Crippen molar-refractivity contribution < 1.29 is 37.7 Å². The van der Waals surface area contributed by atoms with E-state index in [-0.39, 0.29) is 51.8 Å². The Balaban J connectivity index is 2.49.